The second-order valence-electron chi connectivity index (χ2n) is 11.0. The van der Waals surface area contributed by atoms with Crippen molar-refractivity contribution in [2.45, 2.75) is 92.2 Å². The number of aliphatic hydroxyl groups is 1. The van der Waals surface area contributed by atoms with Gasteiger partial charge in [-0.05, 0) is 74.8 Å². The molecular weight excluding hydrogens is 462 g/mol. The Labute approximate surface area is 213 Å². The minimum absolute atomic E-state index is 0.228. The maximum Gasteiger partial charge on any atom is 0.328 e. The fourth-order valence-corrected chi connectivity index (χ4v) is 5.44. The van der Waals surface area contributed by atoms with E-state index < -0.39 is 17.6 Å². The zero-order chi connectivity index (χ0) is 26.8. The molecule has 2 rings (SSSR count). The van der Waals surface area contributed by atoms with E-state index in [-0.39, 0.29) is 23.3 Å². The van der Waals surface area contributed by atoms with E-state index >= 15 is 0 Å². The number of carbonyl (C=O) groups is 2. The highest BCUT2D eigenvalue weighted by molar-refractivity contribution is 7.14. The minimum atomic E-state index is -1.35. The number of carboxylic acids is 1. The van der Waals surface area contributed by atoms with E-state index in [0.717, 1.165) is 40.2 Å². The Morgan fingerprint density at radius 3 is 2.11 bits per heavy atom. The van der Waals surface area contributed by atoms with E-state index in [0.29, 0.717) is 4.88 Å². The van der Waals surface area contributed by atoms with Gasteiger partial charge in [0.1, 0.15) is 17.9 Å². The van der Waals surface area contributed by atoms with Gasteiger partial charge in [-0.2, -0.15) is 0 Å². The number of benzene rings is 1. The van der Waals surface area contributed by atoms with Crippen LogP contribution >= 0.6 is 11.3 Å². The van der Waals surface area contributed by atoms with Crippen molar-refractivity contribution in [1.82, 2.24) is 5.32 Å². The van der Waals surface area contributed by atoms with Crippen LogP contribution < -0.4 is 10.1 Å². The number of carboxylic acid groups (broad SMARTS) is 1. The molecule has 0 aliphatic carbocycles. The van der Waals surface area contributed by atoms with E-state index in [9.17, 15) is 19.8 Å². The van der Waals surface area contributed by atoms with Crippen molar-refractivity contribution in [3.8, 4) is 5.75 Å². The summed E-state index contributed by atoms with van der Waals surface area (Å²) in [5.41, 5.74) is 1.07. The lowest BCUT2D eigenvalue weighted by Crippen LogP contribution is -2.49. The molecule has 6 nitrogen and oxygen atoms in total. The van der Waals surface area contributed by atoms with Gasteiger partial charge in [-0.3, -0.25) is 4.79 Å². The molecule has 3 N–H and O–H groups in total. The summed E-state index contributed by atoms with van der Waals surface area (Å²) in [6.45, 7) is 17.3. The molecule has 0 aliphatic heterocycles. The van der Waals surface area contributed by atoms with E-state index in [1.165, 1.54) is 25.2 Å². The molecular formula is C28H41NO5S. The number of carbonyl (C=O) groups excluding carboxylic acids is 1. The molecule has 7 heteroatoms. The van der Waals surface area contributed by atoms with Gasteiger partial charge >= 0.3 is 5.97 Å². The van der Waals surface area contributed by atoms with Crippen LogP contribution in [0.4, 0.5) is 0 Å². The number of hydrogen-bond acceptors (Lipinski definition) is 5. The monoisotopic (exact) mass is 503 g/mol. The van der Waals surface area contributed by atoms with Gasteiger partial charge < -0.3 is 20.3 Å². The topological polar surface area (TPSA) is 95.9 Å². The average Bonchev–Trinajstić information content (AvgIpc) is 3.15. The molecule has 0 spiro atoms. The first-order chi connectivity index (χ1) is 16.1. The number of aryl methyl sites for hydroxylation is 2. The van der Waals surface area contributed by atoms with Crippen LogP contribution in [0.15, 0.2) is 24.3 Å². The van der Waals surface area contributed by atoms with Crippen molar-refractivity contribution in [3.05, 3.63) is 50.7 Å². The first-order valence-corrected chi connectivity index (χ1v) is 13.0. The van der Waals surface area contributed by atoms with Gasteiger partial charge in [0, 0.05) is 10.3 Å². The van der Waals surface area contributed by atoms with Gasteiger partial charge in [-0.15, -0.1) is 11.3 Å². The molecule has 2 aromatic rings. The second kappa shape index (κ2) is 10.7. The predicted molar refractivity (Wildman–Crippen MR) is 142 cm³/mol. The largest absolute Gasteiger partial charge is 0.491 e. The maximum atomic E-state index is 12.9. The number of amides is 1. The lowest BCUT2D eigenvalue weighted by atomic mass is 9.74. The molecule has 0 aliphatic rings. The second-order valence-corrected chi connectivity index (χ2v) is 12.0. The first-order valence-electron chi connectivity index (χ1n) is 12.2. The standard InChI is InChI=1S/C28H41NO5S/c1-10-28(11-2,19-12-13-20(17(3)14-19)34-16-21(30)26(5,6)7)22-15-18(4)23(35-22)24(31)29-27(8,9)25(32)33/h12-15,21,30H,10-11,16H2,1-9H3,(H,29,31)(H,32,33). The summed E-state index contributed by atoms with van der Waals surface area (Å²) >= 11 is 1.43. The first kappa shape index (κ1) is 28.9. The summed E-state index contributed by atoms with van der Waals surface area (Å²) in [5, 5.41) is 22.4. The number of thiophene rings is 1. The minimum Gasteiger partial charge on any atom is -0.491 e. The molecule has 1 atom stereocenters. The average molecular weight is 504 g/mol. The summed E-state index contributed by atoms with van der Waals surface area (Å²) in [5.74, 6) is -0.703. The molecule has 1 heterocycles. The Kier molecular flexibility index (Phi) is 8.83. The van der Waals surface area contributed by atoms with Crippen molar-refractivity contribution in [2.24, 2.45) is 5.41 Å². The Balaban J connectivity index is 2.39. The number of ether oxygens (including phenoxy) is 1. The summed E-state index contributed by atoms with van der Waals surface area (Å²) < 4.78 is 5.94. The number of nitrogens with one attached hydrogen (secondary N) is 1. The molecule has 1 aromatic heterocycles. The van der Waals surface area contributed by atoms with Gasteiger partial charge in [0.25, 0.3) is 5.91 Å². The highest BCUT2D eigenvalue weighted by Crippen LogP contribution is 2.44. The zero-order valence-corrected chi connectivity index (χ0v) is 23.4. The lowest BCUT2D eigenvalue weighted by molar-refractivity contribution is -0.143. The van der Waals surface area contributed by atoms with Gasteiger partial charge in [0.05, 0.1) is 11.0 Å². The van der Waals surface area contributed by atoms with Crippen molar-refractivity contribution < 1.29 is 24.5 Å². The van der Waals surface area contributed by atoms with Crippen LogP contribution in [0.1, 0.15) is 92.5 Å². The van der Waals surface area contributed by atoms with Gasteiger partial charge in [0.2, 0.25) is 0 Å². The van der Waals surface area contributed by atoms with Crippen molar-refractivity contribution in [1.29, 1.82) is 0 Å². The Morgan fingerprint density at radius 2 is 1.63 bits per heavy atom. The molecule has 0 radical (unpaired) electrons. The molecule has 194 valence electrons. The quantitative estimate of drug-likeness (QED) is 0.378. The normalized spacial score (nSPS) is 13.4. The number of aliphatic carboxylic acids is 1. The van der Waals surface area contributed by atoms with Crippen LogP contribution in [0.3, 0.4) is 0 Å². The molecule has 1 amide bonds. The number of rotatable bonds is 10. The predicted octanol–water partition coefficient (Wildman–Crippen LogP) is 5.85. The molecule has 1 unspecified atom stereocenters. The molecule has 1 aromatic carbocycles. The summed E-state index contributed by atoms with van der Waals surface area (Å²) in [4.78, 5) is 26.0. The lowest BCUT2D eigenvalue weighted by Gasteiger charge is -2.32. The van der Waals surface area contributed by atoms with Crippen molar-refractivity contribution >= 4 is 23.2 Å². The summed E-state index contributed by atoms with van der Waals surface area (Å²) in [6, 6.07) is 8.22. The zero-order valence-electron chi connectivity index (χ0n) is 22.5. The molecule has 0 saturated carbocycles. The SMILES string of the molecule is CCC(CC)(c1ccc(OCC(O)C(C)(C)C)c(C)c1)c1cc(C)c(C(=O)NC(C)(C)C(=O)O)s1. The highest BCUT2D eigenvalue weighted by Gasteiger charge is 2.36. The van der Waals surface area contributed by atoms with Crippen LogP contribution in [0.25, 0.3) is 0 Å². The molecule has 0 fully saturated rings. The number of aliphatic hydroxyl groups excluding tert-OH is 1. The van der Waals surface area contributed by atoms with Crippen LogP contribution in [0.5, 0.6) is 5.75 Å². The number of hydrogen-bond donors (Lipinski definition) is 3. The van der Waals surface area contributed by atoms with E-state index in [4.69, 9.17) is 4.74 Å². The maximum absolute atomic E-state index is 12.9. The molecule has 0 saturated heterocycles. The molecule has 0 bridgehead atoms. The van der Waals surface area contributed by atoms with Gasteiger partial charge in [-0.25, -0.2) is 4.79 Å². The third-order valence-electron chi connectivity index (χ3n) is 6.89. The van der Waals surface area contributed by atoms with Crippen molar-refractivity contribution in [3.63, 3.8) is 0 Å². The van der Waals surface area contributed by atoms with E-state index in [1.807, 2.05) is 40.7 Å². The third kappa shape index (κ3) is 6.25. The van der Waals surface area contributed by atoms with Gasteiger partial charge in [0.15, 0.2) is 0 Å². The molecule has 35 heavy (non-hydrogen) atoms. The Bertz CT molecular complexity index is 1060. The summed E-state index contributed by atoms with van der Waals surface area (Å²) in [6.07, 6.45) is 1.11. The van der Waals surface area contributed by atoms with Crippen LogP contribution in [-0.4, -0.2) is 40.3 Å². The summed E-state index contributed by atoms with van der Waals surface area (Å²) in [7, 11) is 0. The highest BCUT2D eigenvalue weighted by atomic mass is 32.1. The van der Waals surface area contributed by atoms with Crippen molar-refractivity contribution in [2.75, 3.05) is 6.61 Å². The van der Waals surface area contributed by atoms with E-state index in [1.54, 1.807) is 0 Å². The van der Waals surface area contributed by atoms with Crippen LogP contribution in [-0.2, 0) is 10.2 Å². The Hall–Kier alpha value is -2.38. The fourth-order valence-electron chi connectivity index (χ4n) is 4.01. The third-order valence-corrected chi connectivity index (χ3v) is 8.33. The smallest absolute Gasteiger partial charge is 0.328 e. The van der Waals surface area contributed by atoms with Crippen LogP contribution in [0.2, 0.25) is 0 Å². The van der Waals surface area contributed by atoms with Crippen LogP contribution in [0, 0.1) is 19.3 Å². The Morgan fingerprint density at radius 1 is 1.03 bits per heavy atom. The fraction of sp³-hybridized carbons (Fsp3) is 0.571. The van der Waals surface area contributed by atoms with Gasteiger partial charge in [-0.1, -0.05) is 46.8 Å². The van der Waals surface area contributed by atoms with E-state index in [2.05, 4.69) is 37.4 Å².